The highest BCUT2D eigenvalue weighted by Gasteiger charge is 2.63. The van der Waals surface area contributed by atoms with Crippen molar-refractivity contribution in [2.45, 2.75) is 18.4 Å². The number of amides is 1. The zero-order valence-corrected chi connectivity index (χ0v) is 10.7. The van der Waals surface area contributed by atoms with E-state index in [0.717, 1.165) is 24.3 Å². The van der Waals surface area contributed by atoms with Gasteiger partial charge in [-0.05, 0) is 24.3 Å². The average molecular weight is 335 g/mol. The Balaban J connectivity index is 2.85. The molecule has 1 aromatic rings. The number of halogens is 7. The van der Waals surface area contributed by atoms with Crippen LogP contribution in [0.2, 0.25) is 0 Å². The Kier molecular flexibility index (Phi) is 4.90. The molecular formula is C11H8F7NO3. The maximum absolute atomic E-state index is 13.5. The average Bonchev–Trinajstić information content (AvgIpc) is 2.36. The van der Waals surface area contributed by atoms with E-state index >= 15 is 0 Å². The van der Waals surface area contributed by atoms with Crippen molar-refractivity contribution in [2.75, 3.05) is 12.4 Å². The Morgan fingerprint density at radius 3 is 1.86 bits per heavy atom. The van der Waals surface area contributed by atoms with Gasteiger partial charge in [-0.3, -0.25) is 4.79 Å². The second kappa shape index (κ2) is 5.99. The molecule has 0 spiro atoms. The maximum Gasteiger partial charge on any atom is 0.573 e. The summed E-state index contributed by atoms with van der Waals surface area (Å²) in [7, 11) is 0.341. The molecule has 0 unspecified atom stereocenters. The van der Waals surface area contributed by atoms with E-state index in [2.05, 4.69) is 9.47 Å². The third-order valence-corrected chi connectivity index (χ3v) is 2.28. The van der Waals surface area contributed by atoms with Gasteiger partial charge in [0, 0.05) is 12.8 Å². The second-order valence-electron chi connectivity index (χ2n) is 3.82. The second-order valence-corrected chi connectivity index (χ2v) is 3.82. The molecule has 4 nitrogen and oxygen atoms in total. The highest BCUT2D eigenvalue weighted by atomic mass is 19.4. The van der Waals surface area contributed by atoms with Gasteiger partial charge in [0.05, 0.1) is 0 Å². The third-order valence-electron chi connectivity index (χ3n) is 2.28. The molecular weight excluding hydrogens is 327 g/mol. The first kappa shape index (κ1) is 18.0. The van der Waals surface area contributed by atoms with Crippen LogP contribution in [0, 0.1) is 0 Å². The molecule has 0 aliphatic rings. The molecule has 124 valence electrons. The molecule has 0 bridgehead atoms. The molecule has 0 saturated carbocycles. The SMILES string of the molecule is CO[C@](F)(C(=O)Nc1ccc(OC(F)(F)F)cc1)C(F)(F)F. The van der Waals surface area contributed by atoms with E-state index in [1.54, 1.807) is 0 Å². The van der Waals surface area contributed by atoms with Gasteiger partial charge in [-0.2, -0.15) is 17.6 Å². The number of hydrogen-bond donors (Lipinski definition) is 1. The number of carbonyl (C=O) groups is 1. The number of nitrogens with one attached hydrogen (secondary N) is 1. The van der Waals surface area contributed by atoms with Gasteiger partial charge in [0.15, 0.2) is 0 Å². The number of benzene rings is 1. The summed E-state index contributed by atoms with van der Waals surface area (Å²) in [6, 6.07) is 3.05. The number of methoxy groups -OCH3 is 1. The molecule has 22 heavy (non-hydrogen) atoms. The standard InChI is InChI=1S/C11H8F7NO3/c1-21-9(12,10(13,14)15)8(20)19-6-2-4-7(5-3-6)22-11(16,17)18/h2-5H,1H3,(H,19,20)/t9-/m1/s1. The first-order valence-corrected chi connectivity index (χ1v) is 5.37. The van der Waals surface area contributed by atoms with E-state index in [4.69, 9.17) is 0 Å². The molecule has 0 aliphatic carbocycles. The van der Waals surface area contributed by atoms with Crippen molar-refractivity contribution in [3.8, 4) is 5.75 Å². The van der Waals surface area contributed by atoms with Crippen LogP contribution in [-0.2, 0) is 9.53 Å². The number of ether oxygens (including phenoxy) is 2. The fourth-order valence-corrected chi connectivity index (χ4v) is 1.29. The van der Waals surface area contributed by atoms with Crippen molar-refractivity contribution < 1.29 is 45.0 Å². The van der Waals surface area contributed by atoms with Crippen molar-refractivity contribution in [2.24, 2.45) is 0 Å². The summed E-state index contributed by atoms with van der Waals surface area (Å²) in [5, 5.41) is 1.53. The summed E-state index contributed by atoms with van der Waals surface area (Å²) >= 11 is 0. The summed E-state index contributed by atoms with van der Waals surface area (Å²) in [6.07, 6.45) is -10.6. The molecule has 1 N–H and O–H groups in total. The maximum atomic E-state index is 13.5. The molecule has 0 aliphatic heterocycles. The largest absolute Gasteiger partial charge is 0.573 e. The van der Waals surface area contributed by atoms with Crippen LogP contribution in [0.5, 0.6) is 5.75 Å². The van der Waals surface area contributed by atoms with E-state index in [1.807, 2.05) is 0 Å². The fraction of sp³-hybridized carbons (Fsp3) is 0.364. The predicted molar refractivity (Wildman–Crippen MR) is 58.7 cm³/mol. The van der Waals surface area contributed by atoms with Gasteiger partial charge in [0.25, 0.3) is 5.91 Å². The Labute approximate surface area is 118 Å². The minimum absolute atomic E-state index is 0.341. The smallest absolute Gasteiger partial charge is 0.406 e. The molecule has 11 heteroatoms. The lowest BCUT2D eigenvalue weighted by Gasteiger charge is -2.24. The summed E-state index contributed by atoms with van der Waals surface area (Å²) in [5.74, 6) is -7.43. The van der Waals surface area contributed by atoms with Gasteiger partial charge in [0.1, 0.15) is 5.75 Å². The molecule has 0 saturated heterocycles. The summed E-state index contributed by atoms with van der Waals surface area (Å²) < 4.78 is 93.4. The van der Waals surface area contributed by atoms with Crippen LogP contribution < -0.4 is 10.1 Å². The van der Waals surface area contributed by atoms with Crippen molar-refractivity contribution >= 4 is 11.6 Å². The first-order chi connectivity index (χ1) is 9.89. The molecule has 1 rings (SSSR count). The lowest BCUT2D eigenvalue weighted by molar-refractivity contribution is -0.305. The summed E-state index contributed by atoms with van der Waals surface area (Å²) in [5.41, 5.74) is -0.386. The minimum atomic E-state index is -5.63. The van der Waals surface area contributed by atoms with E-state index in [9.17, 15) is 35.5 Å². The van der Waals surface area contributed by atoms with Crippen molar-refractivity contribution in [1.82, 2.24) is 0 Å². The van der Waals surface area contributed by atoms with Gasteiger partial charge < -0.3 is 14.8 Å². The van der Waals surface area contributed by atoms with Gasteiger partial charge >= 0.3 is 18.4 Å². The van der Waals surface area contributed by atoms with Crippen molar-refractivity contribution in [3.05, 3.63) is 24.3 Å². The Morgan fingerprint density at radius 1 is 1.00 bits per heavy atom. The molecule has 0 heterocycles. The van der Waals surface area contributed by atoms with Gasteiger partial charge in [-0.15, -0.1) is 13.2 Å². The van der Waals surface area contributed by atoms with Crippen molar-refractivity contribution in [1.29, 1.82) is 0 Å². The Bertz CT molecular complexity index is 526. The lowest BCUT2D eigenvalue weighted by atomic mass is 10.2. The van der Waals surface area contributed by atoms with Crippen LogP contribution in [0.25, 0.3) is 0 Å². The predicted octanol–water partition coefficient (Wildman–Crippen LogP) is 3.40. The van der Waals surface area contributed by atoms with E-state index in [0.29, 0.717) is 7.11 Å². The Morgan fingerprint density at radius 2 is 1.50 bits per heavy atom. The molecule has 0 fully saturated rings. The Hall–Kier alpha value is -2.04. The molecule has 1 amide bonds. The van der Waals surface area contributed by atoms with Crippen LogP contribution in [0.15, 0.2) is 24.3 Å². The lowest BCUT2D eigenvalue weighted by Crippen LogP contribution is -2.52. The molecule has 1 atom stereocenters. The normalized spacial score (nSPS) is 15.1. The molecule has 0 aromatic heterocycles. The zero-order chi connectivity index (χ0) is 17.2. The van der Waals surface area contributed by atoms with Gasteiger partial charge in [-0.25, -0.2) is 0 Å². The number of carbonyl (C=O) groups excluding carboxylic acids is 1. The van der Waals surface area contributed by atoms with Gasteiger partial charge in [0.2, 0.25) is 0 Å². The van der Waals surface area contributed by atoms with Crippen LogP contribution in [-0.4, -0.2) is 31.4 Å². The highest BCUT2D eigenvalue weighted by Crippen LogP contribution is 2.35. The number of anilines is 1. The monoisotopic (exact) mass is 335 g/mol. The highest BCUT2D eigenvalue weighted by molar-refractivity contribution is 5.96. The van der Waals surface area contributed by atoms with Crippen molar-refractivity contribution in [3.63, 3.8) is 0 Å². The van der Waals surface area contributed by atoms with Crippen LogP contribution in [0.4, 0.5) is 36.4 Å². The zero-order valence-electron chi connectivity index (χ0n) is 10.7. The molecule has 1 aromatic carbocycles. The van der Waals surface area contributed by atoms with Gasteiger partial charge in [-0.1, -0.05) is 0 Å². The molecule has 0 radical (unpaired) electrons. The quantitative estimate of drug-likeness (QED) is 0.858. The number of alkyl halides is 7. The summed E-state index contributed by atoms with van der Waals surface area (Å²) in [4.78, 5) is 11.3. The first-order valence-electron chi connectivity index (χ1n) is 5.37. The van der Waals surface area contributed by atoms with E-state index < -0.39 is 30.1 Å². The van der Waals surface area contributed by atoms with Crippen LogP contribution in [0.1, 0.15) is 0 Å². The van der Waals surface area contributed by atoms with Crippen LogP contribution in [0.3, 0.4) is 0 Å². The fourth-order valence-electron chi connectivity index (χ4n) is 1.29. The van der Waals surface area contributed by atoms with Crippen LogP contribution >= 0.6 is 0 Å². The topological polar surface area (TPSA) is 47.6 Å². The van der Waals surface area contributed by atoms with E-state index in [-0.39, 0.29) is 5.69 Å². The summed E-state index contributed by atoms with van der Waals surface area (Å²) in [6.45, 7) is 0. The van der Waals surface area contributed by atoms with E-state index in [1.165, 1.54) is 5.32 Å². The number of rotatable bonds is 4. The minimum Gasteiger partial charge on any atom is -0.406 e. The third kappa shape index (κ3) is 4.23. The number of hydrogen-bond acceptors (Lipinski definition) is 3.